The number of aliphatic carboxylic acids is 1. The van der Waals surface area contributed by atoms with E-state index in [2.05, 4.69) is 25.7 Å². The van der Waals surface area contributed by atoms with Crippen LogP contribution in [-0.2, 0) is 16.1 Å². The molecular weight excluding hydrogens is 282 g/mol. The van der Waals surface area contributed by atoms with Crippen LogP contribution in [0.15, 0.2) is 24.3 Å². The minimum atomic E-state index is -0.896. The number of nitrogens with zero attached hydrogens (tertiary/aromatic N) is 1. The van der Waals surface area contributed by atoms with E-state index in [9.17, 15) is 4.79 Å². The Bertz CT molecular complexity index is 510. The SMILES string of the molecule is CC(C)(C)COc1cccc(CN2CCOC(C(=O)O)C2)c1. The molecule has 22 heavy (non-hydrogen) atoms. The smallest absolute Gasteiger partial charge is 0.334 e. The molecule has 1 aromatic rings. The molecule has 1 atom stereocenters. The Morgan fingerprint density at radius 3 is 2.91 bits per heavy atom. The third kappa shape index (κ3) is 5.31. The van der Waals surface area contributed by atoms with Gasteiger partial charge in [0.05, 0.1) is 13.2 Å². The van der Waals surface area contributed by atoms with Gasteiger partial charge in [-0.15, -0.1) is 0 Å². The first-order valence-electron chi connectivity index (χ1n) is 7.62. The first-order valence-corrected chi connectivity index (χ1v) is 7.62. The largest absolute Gasteiger partial charge is 0.493 e. The molecule has 0 aliphatic carbocycles. The molecule has 1 heterocycles. The molecule has 5 nitrogen and oxygen atoms in total. The average molecular weight is 307 g/mol. The van der Waals surface area contributed by atoms with Gasteiger partial charge >= 0.3 is 5.97 Å². The molecule has 0 aromatic heterocycles. The molecule has 1 saturated heterocycles. The summed E-state index contributed by atoms with van der Waals surface area (Å²) < 4.78 is 11.1. The van der Waals surface area contributed by atoms with E-state index in [1.807, 2.05) is 24.3 Å². The molecule has 5 heteroatoms. The van der Waals surface area contributed by atoms with Crippen LogP contribution in [0.3, 0.4) is 0 Å². The summed E-state index contributed by atoms with van der Waals surface area (Å²) in [6.07, 6.45) is -0.728. The van der Waals surface area contributed by atoms with Crippen molar-refractivity contribution in [1.29, 1.82) is 0 Å². The van der Waals surface area contributed by atoms with Gasteiger partial charge in [0.25, 0.3) is 0 Å². The van der Waals surface area contributed by atoms with E-state index < -0.39 is 12.1 Å². The van der Waals surface area contributed by atoms with Gasteiger partial charge in [0.15, 0.2) is 6.10 Å². The summed E-state index contributed by atoms with van der Waals surface area (Å²) >= 11 is 0. The Labute approximate surface area is 131 Å². The predicted octanol–water partition coefficient (Wildman–Crippen LogP) is 2.40. The normalized spacial score (nSPS) is 19.9. The molecule has 1 aliphatic rings. The number of carboxylic acids is 1. The lowest BCUT2D eigenvalue weighted by atomic mass is 9.99. The Balaban J connectivity index is 1.93. The van der Waals surface area contributed by atoms with Gasteiger partial charge in [0.2, 0.25) is 0 Å². The van der Waals surface area contributed by atoms with Crippen LogP contribution in [0.25, 0.3) is 0 Å². The molecule has 0 bridgehead atoms. The summed E-state index contributed by atoms with van der Waals surface area (Å²) in [5, 5.41) is 9.04. The van der Waals surface area contributed by atoms with Crippen LogP contribution in [0.1, 0.15) is 26.3 Å². The van der Waals surface area contributed by atoms with Crippen molar-refractivity contribution in [3.8, 4) is 5.75 Å². The van der Waals surface area contributed by atoms with Gasteiger partial charge in [-0.25, -0.2) is 4.79 Å². The molecule has 1 unspecified atom stereocenters. The number of hydrogen-bond acceptors (Lipinski definition) is 4. The van der Waals surface area contributed by atoms with Gasteiger partial charge in [-0.2, -0.15) is 0 Å². The zero-order valence-corrected chi connectivity index (χ0v) is 13.5. The molecule has 1 aromatic carbocycles. The number of benzene rings is 1. The summed E-state index contributed by atoms with van der Waals surface area (Å²) in [5.74, 6) is -0.0394. The minimum absolute atomic E-state index is 0.120. The summed E-state index contributed by atoms with van der Waals surface area (Å²) in [6.45, 7) is 9.40. The lowest BCUT2D eigenvalue weighted by molar-refractivity contribution is -0.156. The Morgan fingerprint density at radius 1 is 1.45 bits per heavy atom. The quantitative estimate of drug-likeness (QED) is 0.905. The lowest BCUT2D eigenvalue weighted by Gasteiger charge is -2.30. The van der Waals surface area contributed by atoms with Crippen LogP contribution in [0, 0.1) is 5.41 Å². The molecule has 0 amide bonds. The van der Waals surface area contributed by atoms with Crippen LogP contribution >= 0.6 is 0 Å². The molecular formula is C17H25NO4. The lowest BCUT2D eigenvalue weighted by Crippen LogP contribution is -2.45. The van der Waals surface area contributed by atoms with Crippen molar-refractivity contribution in [1.82, 2.24) is 4.90 Å². The predicted molar refractivity (Wildman–Crippen MR) is 84.0 cm³/mol. The second-order valence-electron chi connectivity index (χ2n) is 6.93. The highest BCUT2D eigenvalue weighted by Gasteiger charge is 2.26. The first-order chi connectivity index (χ1) is 10.3. The van der Waals surface area contributed by atoms with Crippen LogP contribution in [0.2, 0.25) is 0 Å². The molecule has 0 radical (unpaired) electrons. The van der Waals surface area contributed by atoms with Crippen LogP contribution in [0.5, 0.6) is 5.75 Å². The van der Waals surface area contributed by atoms with Crippen molar-refractivity contribution in [2.24, 2.45) is 5.41 Å². The van der Waals surface area contributed by atoms with Crippen molar-refractivity contribution in [3.63, 3.8) is 0 Å². The third-order valence-electron chi connectivity index (χ3n) is 3.40. The average Bonchev–Trinajstić information content (AvgIpc) is 2.45. The van der Waals surface area contributed by atoms with E-state index in [0.29, 0.717) is 26.3 Å². The zero-order chi connectivity index (χ0) is 16.2. The second kappa shape index (κ2) is 7.11. The van der Waals surface area contributed by atoms with Crippen molar-refractivity contribution in [3.05, 3.63) is 29.8 Å². The highest BCUT2D eigenvalue weighted by atomic mass is 16.5. The second-order valence-corrected chi connectivity index (χ2v) is 6.93. The maximum atomic E-state index is 11.0. The van der Waals surface area contributed by atoms with Gasteiger partial charge in [0.1, 0.15) is 5.75 Å². The number of rotatable bonds is 5. The standard InChI is InChI=1S/C17H25NO4/c1-17(2,3)12-22-14-6-4-5-13(9-14)10-18-7-8-21-15(11-18)16(19)20/h4-6,9,15H,7-8,10-12H2,1-3H3,(H,19,20). The molecule has 1 aliphatic heterocycles. The summed E-state index contributed by atoms with van der Waals surface area (Å²) in [7, 11) is 0. The van der Waals surface area contributed by atoms with E-state index in [1.165, 1.54) is 0 Å². The van der Waals surface area contributed by atoms with Gasteiger partial charge in [-0.3, -0.25) is 4.90 Å². The number of carbonyl (C=O) groups is 1. The van der Waals surface area contributed by atoms with Crippen LogP contribution in [0.4, 0.5) is 0 Å². The number of hydrogen-bond donors (Lipinski definition) is 1. The van der Waals surface area contributed by atoms with E-state index in [1.54, 1.807) is 0 Å². The van der Waals surface area contributed by atoms with Crippen molar-refractivity contribution < 1.29 is 19.4 Å². The fourth-order valence-corrected chi connectivity index (χ4v) is 2.29. The Kier molecular flexibility index (Phi) is 5.42. The van der Waals surface area contributed by atoms with Crippen LogP contribution < -0.4 is 4.74 Å². The maximum absolute atomic E-state index is 11.0. The van der Waals surface area contributed by atoms with Gasteiger partial charge < -0.3 is 14.6 Å². The molecule has 0 spiro atoms. The Hall–Kier alpha value is -1.59. The number of morpholine rings is 1. The van der Waals surface area contributed by atoms with E-state index in [4.69, 9.17) is 14.6 Å². The van der Waals surface area contributed by atoms with Crippen molar-refractivity contribution >= 4 is 5.97 Å². The van der Waals surface area contributed by atoms with Gasteiger partial charge in [0, 0.05) is 19.6 Å². The summed E-state index contributed by atoms with van der Waals surface area (Å²) in [4.78, 5) is 13.1. The topological polar surface area (TPSA) is 59.0 Å². The highest BCUT2D eigenvalue weighted by molar-refractivity contribution is 5.72. The van der Waals surface area contributed by atoms with Crippen molar-refractivity contribution in [2.45, 2.75) is 33.4 Å². The van der Waals surface area contributed by atoms with Gasteiger partial charge in [-0.1, -0.05) is 32.9 Å². The van der Waals surface area contributed by atoms with E-state index >= 15 is 0 Å². The summed E-state index contributed by atoms with van der Waals surface area (Å²) in [5.41, 5.74) is 1.24. The van der Waals surface area contributed by atoms with E-state index in [-0.39, 0.29) is 5.41 Å². The molecule has 2 rings (SSSR count). The fourth-order valence-electron chi connectivity index (χ4n) is 2.29. The van der Waals surface area contributed by atoms with Gasteiger partial charge in [-0.05, 0) is 23.1 Å². The first kappa shape index (κ1) is 16.8. The van der Waals surface area contributed by atoms with E-state index in [0.717, 1.165) is 17.9 Å². The summed E-state index contributed by atoms with van der Waals surface area (Å²) in [6, 6.07) is 7.99. The van der Waals surface area contributed by atoms with Crippen LogP contribution in [-0.4, -0.2) is 48.4 Å². The maximum Gasteiger partial charge on any atom is 0.334 e. The molecule has 1 N–H and O–H groups in total. The molecule has 122 valence electrons. The fraction of sp³-hybridized carbons (Fsp3) is 0.588. The van der Waals surface area contributed by atoms with Crippen molar-refractivity contribution in [2.75, 3.05) is 26.3 Å². The number of ether oxygens (including phenoxy) is 2. The number of carboxylic acid groups (broad SMARTS) is 1. The zero-order valence-electron chi connectivity index (χ0n) is 13.5. The monoisotopic (exact) mass is 307 g/mol. The highest BCUT2D eigenvalue weighted by Crippen LogP contribution is 2.20. The molecule has 0 saturated carbocycles. The Morgan fingerprint density at radius 2 is 2.23 bits per heavy atom. The third-order valence-corrected chi connectivity index (χ3v) is 3.40. The molecule has 1 fully saturated rings. The minimum Gasteiger partial charge on any atom is -0.493 e.